The average Bonchev–Trinajstić information content (AvgIpc) is 2.59. The van der Waals surface area contributed by atoms with E-state index in [1.807, 2.05) is 67.6 Å². The fourth-order valence-electron chi connectivity index (χ4n) is 2.05. The van der Waals surface area contributed by atoms with Crippen LogP contribution in [-0.2, 0) is 0 Å². The van der Waals surface area contributed by atoms with Crippen LogP contribution in [-0.4, -0.2) is 15.7 Å². The summed E-state index contributed by atoms with van der Waals surface area (Å²) in [5.41, 5.74) is 6.81. The van der Waals surface area contributed by atoms with Crippen LogP contribution in [0.3, 0.4) is 0 Å². The van der Waals surface area contributed by atoms with Crippen LogP contribution in [0.2, 0.25) is 0 Å². The Labute approximate surface area is 129 Å². The Balaban J connectivity index is 1.95. The maximum atomic E-state index is 4.53. The number of aryl methyl sites for hydroxylation is 1. The summed E-state index contributed by atoms with van der Waals surface area (Å²) in [7, 11) is 0. The van der Waals surface area contributed by atoms with Crippen molar-refractivity contribution in [3.8, 4) is 0 Å². The molecule has 0 aliphatic heterocycles. The first-order chi connectivity index (χ1) is 10.8. The molecular formula is C18H16N4. The fraction of sp³-hybridized carbons (Fsp3) is 0.0556. The van der Waals surface area contributed by atoms with Crippen molar-refractivity contribution in [2.24, 2.45) is 5.10 Å². The van der Waals surface area contributed by atoms with E-state index in [-0.39, 0.29) is 0 Å². The van der Waals surface area contributed by atoms with E-state index in [0.29, 0.717) is 5.82 Å². The molecule has 4 heteroatoms. The molecule has 0 aliphatic carbocycles. The molecule has 1 heterocycles. The Morgan fingerprint density at radius 2 is 1.41 bits per heavy atom. The smallest absolute Gasteiger partial charge is 0.164 e. The Morgan fingerprint density at radius 3 is 1.91 bits per heavy atom. The Morgan fingerprint density at radius 1 is 0.818 bits per heavy atom. The van der Waals surface area contributed by atoms with E-state index in [2.05, 4.69) is 20.5 Å². The fourth-order valence-corrected chi connectivity index (χ4v) is 2.05. The standard InChI is InChI=1S/C18H16N4/c1-14-12-20-17(13-19-14)21-22-18(15-8-4-2-5-9-15)16-10-6-3-7-11-16/h2-13H,1H3,(H,20,21). The Bertz CT molecular complexity index is 709. The predicted molar refractivity (Wildman–Crippen MR) is 88.9 cm³/mol. The van der Waals surface area contributed by atoms with Gasteiger partial charge in [0.1, 0.15) is 0 Å². The molecule has 0 saturated carbocycles. The lowest BCUT2D eigenvalue weighted by atomic mass is 10.0. The van der Waals surface area contributed by atoms with Gasteiger partial charge < -0.3 is 0 Å². The van der Waals surface area contributed by atoms with Crippen LogP contribution in [0, 0.1) is 6.92 Å². The van der Waals surface area contributed by atoms with Gasteiger partial charge in [0.2, 0.25) is 0 Å². The van der Waals surface area contributed by atoms with Gasteiger partial charge in [0.25, 0.3) is 0 Å². The molecule has 0 bridgehead atoms. The summed E-state index contributed by atoms with van der Waals surface area (Å²) in [6, 6.07) is 20.1. The summed E-state index contributed by atoms with van der Waals surface area (Å²) in [5.74, 6) is 0.620. The van der Waals surface area contributed by atoms with Crippen molar-refractivity contribution >= 4 is 11.5 Å². The summed E-state index contributed by atoms with van der Waals surface area (Å²) in [4.78, 5) is 8.47. The van der Waals surface area contributed by atoms with E-state index < -0.39 is 0 Å². The van der Waals surface area contributed by atoms with Crippen LogP contribution in [0.5, 0.6) is 0 Å². The van der Waals surface area contributed by atoms with Crippen LogP contribution >= 0.6 is 0 Å². The molecular weight excluding hydrogens is 272 g/mol. The van der Waals surface area contributed by atoms with Crippen molar-refractivity contribution in [1.29, 1.82) is 0 Å². The molecule has 1 aromatic heterocycles. The molecule has 0 atom stereocenters. The van der Waals surface area contributed by atoms with Crippen LogP contribution in [0.25, 0.3) is 0 Å². The number of aromatic nitrogens is 2. The largest absolute Gasteiger partial charge is 0.259 e. The zero-order chi connectivity index (χ0) is 15.2. The van der Waals surface area contributed by atoms with Crippen molar-refractivity contribution in [2.45, 2.75) is 6.92 Å². The number of nitrogens with zero attached hydrogens (tertiary/aromatic N) is 3. The first-order valence-corrected chi connectivity index (χ1v) is 7.06. The summed E-state index contributed by atoms with van der Waals surface area (Å²) in [6.45, 7) is 1.90. The molecule has 0 saturated heterocycles. The molecule has 0 fully saturated rings. The van der Waals surface area contributed by atoms with Gasteiger partial charge >= 0.3 is 0 Å². The van der Waals surface area contributed by atoms with Gasteiger partial charge in [-0.15, -0.1) is 0 Å². The van der Waals surface area contributed by atoms with Crippen LogP contribution in [0.4, 0.5) is 5.82 Å². The number of rotatable bonds is 4. The second kappa shape index (κ2) is 6.63. The lowest BCUT2D eigenvalue weighted by Gasteiger charge is -2.08. The number of nitrogens with one attached hydrogen (secondary N) is 1. The molecule has 0 spiro atoms. The summed E-state index contributed by atoms with van der Waals surface area (Å²) < 4.78 is 0. The first-order valence-electron chi connectivity index (χ1n) is 7.06. The zero-order valence-corrected chi connectivity index (χ0v) is 12.3. The molecule has 3 rings (SSSR count). The molecule has 0 aliphatic rings. The number of hydrogen-bond donors (Lipinski definition) is 1. The lowest BCUT2D eigenvalue weighted by molar-refractivity contribution is 1.10. The summed E-state index contributed by atoms with van der Waals surface area (Å²) >= 11 is 0. The van der Waals surface area contributed by atoms with E-state index in [9.17, 15) is 0 Å². The highest BCUT2D eigenvalue weighted by Gasteiger charge is 2.06. The number of benzene rings is 2. The van der Waals surface area contributed by atoms with Crippen LogP contribution in [0.1, 0.15) is 16.8 Å². The Kier molecular flexibility index (Phi) is 4.20. The van der Waals surface area contributed by atoms with Gasteiger partial charge in [-0.3, -0.25) is 10.4 Å². The molecule has 0 amide bonds. The second-order valence-electron chi connectivity index (χ2n) is 4.85. The van der Waals surface area contributed by atoms with Gasteiger partial charge in [0.05, 0.1) is 23.8 Å². The third kappa shape index (κ3) is 3.35. The molecule has 22 heavy (non-hydrogen) atoms. The van der Waals surface area contributed by atoms with E-state index in [4.69, 9.17) is 0 Å². The highest BCUT2D eigenvalue weighted by Crippen LogP contribution is 2.11. The molecule has 2 aromatic carbocycles. The normalized spacial score (nSPS) is 10.0. The maximum Gasteiger partial charge on any atom is 0.164 e. The zero-order valence-electron chi connectivity index (χ0n) is 12.3. The Hall–Kier alpha value is -3.01. The third-order valence-electron chi connectivity index (χ3n) is 3.16. The minimum Gasteiger partial charge on any atom is -0.259 e. The molecule has 3 aromatic rings. The van der Waals surface area contributed by atoms with Crippen molar-refractivity contribution < 1.29 is 0 Å². The summed E-state index contributed by atoms with van der Waals surface area (Å²) in [6.07, 6.45) is 3.38. The highest BCUT2D eigenvalue weighted by molar-refractivity contribution is 6.13. The van der Waals surface area contributed by atoms with Crippen LogP contribution < -0.4 is 5.43 Å². The van der Waals surface area contributed by atoms with E-state index in [1.54, 1.807) is 12.4 Å². The topological polar surface area (TPSA) is 50.2 Å². The minimum atomic E-state index is 0.620. The van der Waals surface area contributed by atoms with Crippen molar-refractivity contribution in [2.75, 3.05) is 5.43 Å². The number of hydrazone groups is 1. The average molecular weight is 288 g/mol. The van der Waals surface area contributed by atoms with E-state index >= 15 is 0 Å². The van der Waals surface area contributed by atoms with Crippen molar-refractivity contribution in [1.82, 2.24) is 9.97 Å². The highest BCUT2D eigenvalue weighted by atomic mass is 15.3. The van der Waals surface area contributed by atoms with Gasteiger partial charge in [-0.1, -0.05) is 60.7 Å². The van der Waals surface area contributed by atoms with Crippen LogP contribution in [0.15, 0.2) is 78.2 Å². The molecule has 1 N–H and O–H groups in total. The molecule has 4 nitrogen and oxygen atoms in total. The van der Waals surface area contributed by atoms with Gasteiger partial charge in [0.15, 0.2) is 5.82 Å². The van der Waals surface area contributed by atoms with Gasteiger partial charge in [-0.2, -0.15) is 5.10 Å². The molecule has 0 unspecified atom stereocenters. The first kappa shape index (κ1) is 13.9. The monoisotopic (exact) mass is 288 g/mol. The predicted octanol–water partition coefficient (Wildman–Crippen LogP) is 3.65. The van der Waals surface area contributed by atoms with E-state index in [0.717, 1.165) is 22.5 Å². The SMILES string of the molecule is Cc1cnc(NN=C(c2ccccc2)c2ccccc2)cn1. The van der Waals surface area contributed by atoms with Gasteiger partial charge in [-0.05, 0) is 6.92 Å². The van der Waals surface area contributed by atoms with Gasteiger partial charge in [0, 0.05) is 11.1 Å². The molecule has 108 valence electrons. The number of anilines is 1. The van der Waals surface area contributed by atoms with Gasteiger partial charge in [-0.25, -0.2) is 4.98 Å². The van der Waals surface area contributed by atoms with E-state index in [1.165, 1.54) is 0 Å². The van der Waals surface area contributed by atoms with Crippen molar-refractivity contribution in [3.63, 3.8) is 0 Å². The van der Waals surface area contributed by atoms with Crippen molar-refractivity contribution in [3.05, 3.63) is 89.9 Å². The maximum absolute atomic E-state index is 4.53. The number of hydrogen-bond acceptors (Lipinski definition) is 4. The minimum absolute atomic E-state index is 0.620. The second-order valence-corrected chi connectivity index (χ2v) is 4.85. The third-order valence-corrected chi connectivity index (χ3v) is 3.16. The quantitative estimate of drug-likeness (QED) is 0.589. The molecule has 0 radical (unpaired) electrons. The lowest BCUT2D eigenvalue weighted by Crippen LogP contribution is -2.07. The summed E-state index contributed by atoms with van der Waals surface area (Å²) in [5, 5.41) is 4.53.